The topological polar surface area (TPSA) is 81.9 Å². The Balaban J connectivity index is 1.55. The number of likely N-dealkylation sites (tertiary alicyclic amines) is 1. The minimum absolute atomic E-state index is 0.0117. The van der Waals surface area contributed by atoms with Crippen molar-refractivity contribution < 1.29 is 19.1 Å². The van der Waals surface area contributed by atoms with E-state index in [4.69, 9.17) is 15.2 Å². The lowest BCUT2D eigenvalue weighted by molar-refractivity contribution is -0.127. The number of amides is 2. The van der Waals surface area contributed by atoms with Crippen molar-refractivity contribution in [2.24, 2.45) is 11.7 Å². The number of nitrogens with zero attached hydrogens (tertiary/aromatic N) is 1. The standard InChI is InChI=1S/C18H22N2O4/c19-17(21)12-14-5-7-20(8-6-14)18(22)4-2-13-1-3-15-16(11-13)24-10-9-23-15/h1-4,11,14H,5-10,12H2,(H2,19,21)/b4-2-. The SMILES string of the molecule is NC(=O)CC1CCN(C(=O)/C=C\c2ccc3c(c2)OCCO3)CC1. The van der Waals surface area contributed by atoms with Crippen molar-refractivity contribution in [2.45, 2.75) is 19.3 Å². The number of hydrogen-bond donors (Lipinski definition) is 1. The normalized spacial score (nSPS) is 17.9. The first kappa shape index (κ1) is 16.4. The molecule has 2 amide bonds. The molecule has 0 atom stereocenters. The molecule has 0 unspecified atom stereocenters. The van der Waals surface area contributed by atoms with Crippen molar-refractivity contribution in [3.8, 4) is 11.5 Å². The van der Waals surface area contributed by atoms with Gasteiger partial charge in [-0.15, -0.1) is 0 Å². The number of fused-ring (bicyclic) bond motifs is 1. The van der Waals surface area contributed by atoms with E-state index in [0.717, 1.165) is 24.2 Å². The molecular weight excluding hydrogens is 308 g/mol. The molecule has 128 valence electrons. The van der Waals surface area contributed by atoms with Crippen LogP contribution in [0.5, 0.6) is 11.5 Å². The van der Waals surface area contributed by atoms with Crippen LogP contribution in [-0.2, 0) is 9.59 Å². The average molecular weight is 330 g/mol. The molecule has 0 spiro atoms. The Hall–Kier alpha value is -2.50. The van der Waals surface area contributed by atoms with Crippen LogP contribution in [0.3, 0.4) is 0 Å². The van der Waals surface area contributed by atoms with E-state index in [1.807, 2.05) is 23.1 Å². The lowest BCUT2D eigenvalue weighted by Gasteiger charge is -2.30. The van der Waals surface area contributed by atoms with Gasteiger partial charge in [-0.2, -0.15) is 0 Å². The molecule has 0 aromatic heterocycles. The van der Waals surface area contributed by atoms with Crippen LogP contribution in [0.25, 0.3) is 6.08 Å². The van der Waals surface area contributed by atoms with Gasteiger partial charge < -0.3 is 20.1 Å². The summed E-state index contributed by atoms with van der Waals surface area (Å²) < 4.78 is 11.0. The Morgan fingerprint density at radius 2 is 1.88 bits per heavy atom. The van der Waals surface area contributed by atoms with Crippen molar-refractivity contribution in [2.75, 3.05) is 26.3 Å². The van der Waals surface area contributed by atoms with Gasteiger partial charge in [0.1, 0.15) is 13.2 Å². The molecule has 1 fully saturated rings. The third-order valence-corrected chi connectivity index (χ3v) is 4.40. The summed E-state index contributed by atoms with van der Waals surface area (Å²) >= 11 is 0. The molecule has 24 heavy (non-hydrogen) atoms. The van der Waals surface area contributed by atoms with Gasteiger partial charge in [-0.05, 0) is 42.5 Å². The van der Waals surface area contributed by atoms with E-state index in [1.165, 1.54) is 0 Å². The van der Waals surface area contributed by atoms with E-state index in [-0.39, 0.29) is 11.8 Å². The predicted molar refractivity (Wildman–Crippen MR) is 89.6 cm³/mol. The lowest BCUT2D eigenvalue weighted by Crippen LogP contribution is -2.38. The zero-order chi connectivity index (χ0) is 16.9. The van der Waals surface area contributed by atoms with Crippen molar-refractivity contribution in [1.29, 1.82) is 0 Å². The summed E-state index contributed by atoms with van der Waals surface area (Å²) in [6, 6.07) is 5.63. The Kier molecular flexibility index (Phi) is 5.03. The van der Waals surface area contributed by atoms with Crippen molar-refractivity contribution in [3.63, 3.8) is 0 Å². The first-order valence-electron chi connectivity index (χ1n) is 8.27. The second-order valence-corrected chi connectivity index (χ2v) is 6.18. The van der Waals surface area contributed by atoms with Crippen LogP contribution < -0.4 is 15.2 Å². The highest BCUT2D eigenvalue weighted by Crippen LogP contribution is 2.31. The van der Waals surface area contributed by atoms with Gasteiger partial charge in [0.05, 0.1) is 0 Å². The molecule has 2 heterocycles. The maximum Gasteiger partial charge on any atom is 0.246 e. The third kappa shape index (κ3) is 4.07. The summed E-state index contributed by atoms with van der Waals surface area (Å²) in [5.41, 5.74) is 6.13. The van der Waals surface area contributed by atoms with E-state index >= 15 is 0 Å². The number of piperidine rings is 1. The molecule has 6 heteroatoms. The molecule has 0 radical (unpaired) electrons. The highest BCUT2D eigenvalue weighted by Gasteiger charge is 2.22. The fourth-order valence-corrected chi connectivity index (χ4v) is 3.08. The van der Waals surface area contributed by atoms with Crippen LogP contribution >= 0.6 is 0 Å². The second-order valence-electron chi connectivity index (χ2n) is 6.18. The fourth-order valence-electron chi connectivity index (χ4n) is 3.08. The molecule has 0 aliphatic carbocycles. The molecule has 1 saturated heterocycles. The second kappa shape index (κ2) is 7.38. The summed E-state index contributed by atoms with van der Waals surface area (Å²) in [4.78, 5) is 25.0. The van der Waals surface area contributed by atoms with Gasteiger partial charge in [-0.3, -0.25) is 9.59 Å². The minimum atomic E-state index is -0.265. The Bertz CT molecular complexity index is 648. The fraction of sp³-hybridized carbons (Fsp3) is 0.444. The number of carbonyl (C=O) groups is 2. The number of rotatable bonds is 4. The molecule has 1 aromatic carbocycles. The number of hydrogen-bond acceptors (Lipinski definition) is 4. The zero-order valence-electron chi connectivity index (χ0n) is 13.6. The van der Waals surface area contributed by atoms with Gasteiger partial charge in [0.15, 0.2) is 11.5 Å². The van der Waals surface area contributed by atoms with Crippen LogP contribution in [0.15, 0.2) is 24.3 Å². The minimum Gasteiger partial charge on any atom is -0.486 e. The van der Waals surface area contributed by atoms with Crippen LogP contribution in [0, 0.1) is 5.92 Å². The molecule has 1 aromatic rings. The van der Waals surface area contributed by atoms with Gasteiger partial charge >= 0.3 is 0 Å². The summed E-state index contributed by atoms with van der Waals surface area (Å²) in [5.74, 6) is 1.47. The third-order valence-electron chi connectivity index (χ3n) is 4.40. The van der Waals surface area contributed by atoms with Crippen LogP contribution in [-0.4, -0.2) is 43.0 Å². The van der Waals surface area contributed by atoms with Crippen molar-refractivity contribution in [1.82, 2.24) is 4.90 Å². The maximum absolute atomic E-state index is 12.3. The smallest absolute Gasteiger partial charge is 0.246 e. The van der Waals surface area contributed by atoms with E-state index in [1.54, 1.807) is 12.2 Å². The van der Waals surface area contributed by atoms with Crippen LogP contribution in [0.4, 0.5) is 0 Å². The summed E-state index contributed by atoms with van der Waals surface area (Å²) in [6.45, 7) is 2.44. The van der Waals surface area contributed by atoms with Crippen LogP contribution in [0.2, 0.25) is 0 Å². The predicted octanol–water partition coefficient (Wildman–Crippen LogP) is 1.58. The monoisotopic (exact) mass is 330 g/mol. The van der Waals surface area contributed by atoms with Crippen molar-refractivity contribution in [3.05, 3.63) is 29.8 Å². The Morgan fingerprint density at radius 3 is 2.58 bits per heavy atom. The van der Waals surface area contributed by atoms with E-state index in [0.29, 0.717) is 44.4 Å². The number of benzene rings is 1. The summed E-state index contributed by atoms with van der Waals surface area (Å²) in [5, 5.41) is 0. The molecular formula is C18H22N2O4. The summed E-state index contributed by atoms with van der Waals surface area (Å²) in [6.07, 6.45) is 5.43. The molecule has 2 N–H and O–H groups in total. The van der Waals surface area contributed by atoms with E-state index in [9.17, 15) is 9.59 Å². The largest absolute Gasteiger partial charge is 0.486 e. The average Bonchev–Trinajstić information content (AvgIpc) is 2.59. The van der Waals surface area contributed by atoms with E-state index < -0.39 is 0 Å². The van der Waals surface area contributed by atoms with E-state index in [2.05, 4.69) is 0 Å². The van der Waals surface area contributed by atoms with Crippen LogP contribution in [0.1, 0.15) is 24.8 Å². The maximum atomic E-state index is 12.3. The van der Waals surface area contributed by atoms with Gasteiger partial charge in [0, 0.05) is 25.6 Å². The molecule has 2 aliphatic heterocycles. The quantitative estimate of drug-likeness (QED) is 0.850. The molecule has 0 bridgehead atoms. The first-order valence-corrected chi connectivity index (χ1v) is 8.27. The molecule has 0 saturated carbocycles. The Labute approximate surface area is 141 Å². The zero-order valence-corrected chi connectivity index (χ0v) is 13.6. The van der Waals surface area contributed by atoms with Gasteiger partial charge in [-0.25, -0.2) is 0 Å². The number of ether oxygens (including phenoxy) is 2. The highest BCUT2D eigenvalue weighted by molar-refractivity contribution is 5.92. The Morgan fingerprint density at radius 1 is 1.17 bits per heavy atom. The summed E-state index contributed by atoms with van der Waals surface area (Å²) in [7, 11) is 0. The molecule has 6 nitrogen and oxygen atoms in total. The number of primary amides is 1. The van der Waals surface area contributed by atoms with Crippen molar-refractivity contribution >= 4 is 17.9 Å². The number of nitrogens with two attached hydrogens (primary N) is 1. The van der Waals surface area contributed by atoms with Gasteiger partial charge in [0.25, 0.3) is 0 Å². The van der Waals surface area contributed by atoms with Gasteiger partial charge in [-0.1, -0.05) is 6.07 Å². The molecule has 3 rings (SSSR count). The highest BCUT2D eigenvalue weighted by atomic mass is 16.6. The van der Waals surface area contributed by atoms with Gasteiger partial charge in [0.2, 0.25) is 11.8 Å². The lowest BCUT2D eigenvalue weighted by atomic mass is 9.93. The molecule has 2 aliphatic rings. The number of carbonyl (C=O) groups excluding carboxylic acids is 2. The first-order chi connectivity index (χ1) is 11.6.